The summed E-state index contributed by atoms with van der Waals surface area (Å²) in [6.07, 6.45) is 0.898. The van der Waals surface area contributed by atoms with Gasteiger partial charge < -0.3 is 14.4 Å². The van der Waals surface area contributed by atoms with Gasteiger partial charge in [0.2, 0.25) is 5.91 Å². The molecule has 7 heteroatoms. The van der Waals surface area contributed by atoms with Gasteiger partial charge in [0.1, 0.15) is 11.5 Å². The Morgan fingerprint density at radius 3 is 2.50 bits per heavy atom. The van der Waals surface area contributed by atoms with Crippen molar-refractivity contribution in [3.8, 4) is 0 Å². The van der Waals surface area contributed by atoms with Gasteiger partial charge in [-0.1, -0.05) is 5.16 Å². The van der Waals surface area contributed by atoms with Crippen molar-refractivity contribution in [2.75, 3.05) is 6.54 Å². The molecule has 1 aromatic carbocycles. The quantitative estimate of drug-likeness (QED) is 0.708. The summed E-state index contributed by atoms with van der Waals surface area (Å²) < 4.78 is 6.79. The first-order chi connectivity index (χ1) is 13.3. The van der Waals surface area contributed by atoms with Crippen molar-refractivity contribution >= 4 is 16.9 Å². The standard InChI is InChI=1S/C21H26N4O3/c1-12-10-18-19(11-13(12)2)25(21(27)15(4)23-18)9-7-20(26)22-8-6-17-14(3)24-28-16(17)5/h10-11H,6-9H2,1-5H3,(H,22,26). The van der Waals surface area contributed by atoms with Crippen LogP contribution in [0.3, 0.4) is 0 Å². The fourth-order valence-corrected chi connectivity index (χ4v) is 3.33. The van der Waals surface area contributed by atoms with Gasteiger partial charge in [0.05, 0.1) is 16.7 Å². The van der Waals surface area contributed by atoms with Gasteiger partial charge in [-0.25, -0.2) is 4.98 Å². The van der Waals surface area contributed by atoms with Crippen LogP contribution in [0, 0.1) is 34.6 Å². The van der Waals surface area contributed by atoms with Crippen LogP contribution in [0.5, 0.6) is 0 Å². The molecule has 3 rings (SSSR count). The van der Waals surface area contributed by atoms with Crippen LogP contribution in [0.2, 0.25) is 0 Å². The first kappa shape index (κ1) is 19.8. The van der Waals surface area contributed by atoms with E-state index in [1.54, 1.807) is 11.5 Å². The van der Waals surface area contributed by atoms with Gasteiger partial charge in [-0.2, -0.15) is 0 Å². The van der Waals surface area contributed by atoms with Crippen molar-refractivity contribution in [3.63, 3.8) is 0 Å². The molecule has 148 valence electrons. The molecule has 2 aromatic heterocycles. The molecule has 0 spiro atoms. The summed E-state index contributed by atoms with van der Waals surface area (Å²) in [5, 5.41) is 6.83. The van der Waals surface area contributed by atoms with Crippen molar-refractivity contribution in [1.82, 2.24) is 20.0 Å². The summed E-state index contributed by atoms with van der Waals surface area (Å²) in [7, 11) is 0. The number of hydrogen-bond acceptors (Lipinski definition) is 5. The second-order valence-electron chi connectivity index (χ2n) is 7.23. The number of nitrogens with zero attached hydrogens (tertiary/aromatic N) is 3. The highest BCUT2D eigenvalue weighted by Gasteiger charge is 2.12. The Morgan fingerprint density at radius 2 is 1.82 bits per heavy atom. The molecule has 0 fully saturated rings. The van der Waals surface area contributed by atoms with Crippen LogP contribution in [0.1, 0.15) is 40.3 Å². The number of fused-ring (bicyclic) bond motifs is 1. The van der Waals surface area contributed by atoms with E-state index in [4.69, 9.17) is 4.52 Å². The lowest BCUT2D eigenvalue weighted by Crippen LogP contribution is -2.30. The average molecular weight is 382 g/mol. The highest BCUT2D eigenvalue weighted by atomic mass is 16.5. The molecular weight excluding hydrogens is 356 g/mol. The maximum atomic E-state index is 12.6. The van der Waals surface area contributed by atoms with E-state index in [1.165, 1.54) is 0 Å². The van der Waals surface area contributed by atoms with E-state index < -0.39 is 0 Å². The van der Waals surface area contributed by atoms with Crippen LogP contribution in [-0.2, 0) is 17.8 Å². The molecule has 7 nitrogen and oxygen atoms in total. The minimum absolute atomic E-state index is 0.0925. The maximum absolute atomic E-state index is 12.6. The first-order valence-electron chi connectivity index (χ1n) is 9.44. The predicted octanol–water partition coefficient (Wildman–Crippen LogP) is 2.68. The summed E-state index contributed by atoms with van der Waals surface area (Å²) in [5.41, 5.74) is 5.92. The van der Waals surface area contributed by atoms with E-state index in [2.05, 4.69) is 15.5 Å². The molecule has 28 heavy (non-hydrogen) atoms. The highest BCUT2D eigenvalue weighted by molar-refractivity contribution is 5.78. The summed E-state index contributed by atoms with van der Waals surface area (Å²) in [5.74, 6) is 0.688. The third-order valence-electron chi connectivity index (χ3n) is 5.17. The zero-order chi connectivity index (χ0) is 20.4. The van der Waals surface area contributed by atoms with Gasteiger partial charge in [-0.15, -0.1) is 0 Å². The van der Waals surface area contributed by atoms with Crippen molar-refractivity contribution in [1.29, 1.82) is 0 Å². The van der Waals surface area contributed by atoms with Gasteiger partial charge in [0.15, 0.2) is 0 Å². The van der Waals surface area contributed by atoms with Gasteiger partial charge in [-0.3, -0.25) is 9.59 Å². The monoisotopic (exact) mass is 382 g/mol. The van der Waals surface area contributed by atoms with E-state index in [0.717, 1.165) is 39.2 Å². The van der Waals surface area contributed by atoms with E-state index in [1.807, 2.05) is 39.8 Å². The summed E-state index contributed by atoms with van der Waals surface area (Å²) >= 11 is 0. The number of carbonyl (C=O) groups excluding carboxylic acids is 1. The first-order valence-corrected chi connectivity index (χ1v) is 9.44. The maximum Gasteiger partial charge on any atom is 0.272 e. The molecule has 0 saturated carbocycles. The van der Waals surface area contributed by atoms with Gasteiger partial charge in [0, 0.05) is 25.1 Å². The number of nitrogens with one attached hydrogen (secondary N) is 1. The second-order valence-corrected chi connectivity index (χ2v) is 7.23. The lowest BCUT2D eigenvalue weighted by Gasteiger charge is -2.13. The van der Waals surface area contributed by atoms with Gasteiger partial charge >= 0.3 is 0 Å². The Morgan fingerprint density at radius 1 is 1.11 bits per heavy atom. The minimum atomic E-state index is -0.153. The minimum Gasteiger partial charge on any atom is -0.361 e. The number of aryl methyl sites for hydroxylation is 6. The highest BCUT2D eigenvalue weighted by Crippen LogP contribution is 2.17. The molecule has 1 amide bonds. The number of carbonyl (C=O) groups is 1. The molecule has 0 aliphatic carbocycles. The van der Waals surface area contributed by atoms with Crippen LogP contribution in [-0.4, -0.2) is 27.2 Å². The van der Waals surface area contributed by atoms with Crippen LogP contribution >= 0.6 is 0 Å². The molecule has 1 N–H and O–H groups in total. The summed E-state index contributed by atoms with van der Waals surface area (Å²) in [6.45, 7) is 10.3. The van der Waals surface area contributed by atoms with Crippen molar-refractivity contribution in [2.45, 2.75) is 54.0 Å². The van der Waals surface area contributed by atoms with Gasteiger partial charge in [-0.05, 0) is 64.3 Å². The molecule has 2 heterocycles. The van der Waals surface area contributed by atoms with Crippen LogP contribution in [0.25, 0.3) is 11.0 Å². The Labute approximate surface area is 163 Å². The zero-order valence-electron chi connectivity index (χ0n) is 17.0. The third-order valence-corrected chi connectivity index (χ3v) is 5.17. The van der Waals surface area contributed by atoms with Crippen molar-refractivity contribution in [2.24, 2.45) is 0 Å². The van der Waals surface area contributed by atoms with Crippen LogP contribution in [0.15, 0.2) is 21.5 Å². The molecule has 0 radical (unpaired) electrons. The van der Waals surface area contributed by atoms with E-state index >= 15 is 0 Å². The Kier molecular flexibility index (Phi) is 5.63. The average Bonchev–Trinajstić information content (AvgIpc) is 2.96. The van der Waals surface area contributed by atoms with Crippen LogP contribution < -0.4 is 10.9 Å². The number of aromatic nitrogens is 3. The molecule has 0 aliphatic rings. The van der Waals surface area contributed by atoms with E-state index in [0.29, 0.717) is 25.2 Å². The number of benzene rings is 1. The Bertz CT molecular complexity index is 1080. The van der Waals surface area contributed by atoms with Crippen molar-refractivity contribution < 1.29 is 9.32 Å². The smallest absolute Gasteiger partial charge is 0.272 e. The normalized spacial score (nSPS) is 11.2. The summed E-state index contributed by atoms with van der Waals surface area (Å²) in [4.78, 5) is 29.3. The zero-order valence-corrected chi connectivity index (χ0v) is 17.0. The summed E-state index contributed by atoms with van der Waals surface area (Å²) in [6, 6.07) is 3.95. The molecule has 3 aromatic rings. The largest absolute Gasteiger partial charge is 0.361 e. The molecule has 0 saturated heterocycles. The van der Waals surface area contributed by atoms with Gasteiger partial charge in [0.25, 0.3) is 5.56 Å². The SMILES string of the molecule is Cc1cc2nc(C)c(=O)n(CCC(=O)NCCc3c(C)noc3C)c2cc1C. The number of amides is 1. The fraction of sp³-hybridized carbons (Fsp3) is 0.429. The van der Waals surface area contributed by atoms with Crippen LogP contribution in [0.4, 0.5) is 0 Å². The lowest BCUT2D eigenvalue weighted by molar-refractivity contribution is -0.121. The predicted molar refractivity (Wildman–Crippen MR) is 108 cm³/mol. The molecule has 0 unspecified atom stereocenters. The third kappa shape index (κ3) is 3.98. The lowest BCUT2D eigenvalue weighted by atomic mass is 10.1. The number of hydrogen-bond donors (Lipinski definition) is 1. The molecule has 0 atom stereocenters. The molecular formula is C21H26N4O3. The Balaban J connectivity index is 1.69. The molecule has 0 bridgehead atoms. The fourth-order valence-electron chi connectivity index (χ4n) is 3.33. The Hall–Kier alpha value is -2.96. The molecule has 0 aliphatic heterocycles. The topological polar surface area (TPSA) is 90.0 Å². The van der Waals surface area contributed by atoms with E-state index in [9.17, 15) is 9.59 Å². The van der Waals surface area contributed by atoms with Crippen molar-refractivity contribution in [3.05, 3.63) is 56.3 Å². The number of rotatable bonds is 6. The second kappa shape index (κ2) is 7.96. The van der Waals surface area contributed by atoms with E-state index in [-0.39, 0.29) is 17.9 Å².